The number of esters is 2. The van der Waals surface area contributed by atoms with Crippen LogP contribution in [0.25, 0.3) is 0 Å². The summed E-state index contributed by atoms with van der Waals surface area (Å²) >= 11 is 0. The van der Waals surface area contributed by atoms with Gasteiger partial charge in [0.2, 0.25) is 0 Å². The van der Waals surface area contributed by atoms with E-state index in [2.05, 4.69) is 31.1 Å². The average Bonchev–Trinajstić information content (AvgIpc) is 3.49. The van der Waals surface area contributed by atoms with Crippen LogP contribution in [-0.2, 0) is 42.0 Å². The second-order valence-electron chi connectivity index (χ2n) is 16.0. The molecule has 2 aromatic carbocycles. The van der Waals surface area contributed by atoms with Gasteiger partial charge in [0.25, 0.3) is 0 Å². The molecule has 0 heterocycles. The summed E-state index contributed by atoms with van der Waals surface area (Å²) in [5.41, 5.74) is 2.72. The SMILES string of the molecule is C[C@H](CCCOC(=O)/C=N/OCc1ccccc1)[C@H]1CC[C@H]2[C@@H]3CC[C@@H]4C[C@H](OC(=O)/C=N/OCc5ccccc5)CC[C@]4(C)[C@H]3CC[C@]12C. The van der Waals surface area contributed by atoms with Crippen molar-refractivity contribution in [1.29, 1.82) is 0 Å². The van der Waals surface area contributed by atoms with Gasteiger partial charge in [-0.05, 0) is 128 Å². The van der Waals surface area contributed by atoms with E-state index in [9.17, 15) is 9.59 Å². The lowest BCUT2D eigenvalue weighted by molar-refractivity contribution is -0.156. The molecule has 0 aromatic heterocycles. The molecule has 6 rings (SSSR count). The molecule has 9 atom stereocenters. The van der Waals surface area contributed by atoms with E-state index in [4.69, 9.17) is 19.1 Å². The van der Waals surface area contributed by atoms with E-state index in [0.29, 0.717) is 42.5 Å². The molecule has 4 fully saturated rings. The zero-order chi connectivity index (χ0) is 35.0. The van der Waals surface area contributed by atoms with Crippen LogP contribution in [0.5, 0.6) is 0 Å². The largest absolute Gasteiger partial charge is 0.461 e. The molecule has 8 heteroatoms. The highest BCUT2D eigenvalue weighted by Crippen LogP contribution is 2.68. The van der Waals surface area contributed by atoms with Gasteiger partial charge in [-0.25, -0.2) is 9.59 Å². The number of oxime groups is 2. The average molecular weight is 685 g/mol. The topological polar surface area (TPSA) is 95.8 Å². The highest BCUT2D eigenvalue weighted by molar-refractivity contribution is 6.23. The molecule has 50 heavy (non-hydrogen) atoms. The van der Waals surface area contributed by atoms with E-state index in [-0.39, 0.29) is 6.10 Å². The van der Waals surface area contributed by atoms with E-state index in [1.807, 2.05) is 60.7 Å². The minimum Gasteiger partial charge on any atom is -0.461 e. The molecule has 0 amide bonds. The molecule has 2 aromatic rings. The Morgan fingerprint density at radius 3 is 2.08 bits per heavy atom. The Labute approximate surface area is 298 Å². The van der Waals surface area contributed by atoms with Crippen LogP contribution in [0, 0.1) is 46.3 Å². The predicted molar refractivity (Wildman–Crippen MR) is 194 cm³/mol. The van der Waals surface area contributed by atoms with Gasteiger partial charge < -0.3 is 19.1 Å². The van der Waals surface area contributed by atoms with Crippen molar-refractivity contribution >= 4 is 24.4 Å². The van der Waals surface area contributed by atoms with Gasteiger partial charge in [0.15, 0.2) is 12.4 Å². The molecule has 0 spiro atoms. The minimum atomic E-state index is -0.453. The maximum absolute atomic E-state index is 12.6. The first kappa shape index (κ1) is 36.1. The molecule has 0 aliphatic heterocycles. The summed E-state index contributed by atoms with van der Waals surface area (Å²) in [5.74, 6) is 3.41. The van der Waals surface area contributed by atoms with Gasteiger partial charge in [0.05, 0.1) is 6.61 Å². The molecule has 4 aliphatic rings. The summed E-state index contributed by atoms with van der Waals surface area (Å²) in [6.45, 7) is 8.65. The van der Waals surface area contributed by atoms with Crippen LogP contribution in [-0.4, -0.2) is 37.1 Å². The van der Waals surface area contributed by atoms with Crippen molar-refractivity contribution in [3.05, 3.63) is 71.8 Å². The van der Waals surface area contributed by atoms with Crippen LogP contribution in [0.1, 0.15) is 103 Å². The van der Waals surface area contributed by atoms with Gasteiger partial charge in [0, 0.05) is 0 Å². The standard InChI is InChI=1S/C42H56N2O6/c1-30(11-10-24-47-39(45)26-43-48-28-31-12-6-4-7-13-31)36-18-19-37-35-17-16-33-25-34(20-22-41(33,2)38(35)21-23-42(36,37)3)50-40(46)27-44-49-29-32-14-8-5-9-15-32/h4-9,12-15,26-27,30,33-38H,10-11,16-25,28-29H2,1-3H3/b43-26+,44-27+/t30-,33-,34-,35+,36-,37+,38+,41+,42-/m1/s1. The Kier molecular flexibility index (Phi) is 12.0. The lowest BCUT2D eigenvalue weighted by Gasteiger charge is -2.61. The first-order chi connectivity index (χ1) is 24.3. The zero-order valence-electron chi connectivity index (χ0n) is 30.2. The van der Waals surface area contributed by atoms with Crippen molar-refractivity contribution in [3.63, 3.8) is 0 Å². The summed E-state index contributed by atoms with van der Waals surface area (Å²) in [6, 6.07) is 19.5. The van der Waals surface area contributed by atoms with Crippen LogP contribution in [0.15, 0.2) is 71.0 Å². The quantitative estimate of drug-likeness (QED) is 0.0854. The van der Waals surface area contributed by atoms with E-state index in [1.54, 1.807) is 0 Å². The molecular weight excluding hydrogens is 628 g/mol. The number of carbonyl (C=O) groups is 2. The Hall–Kier alpha value is -3.68. The van der Waals surface area contributed by atoms with E-state index in [0.717, 1.165) is 73.1 Å². The van der Waals surface area contributed by atoms with Crippen molar-refractivity contribution in [3.8, 4) is 0 Å². The van der Waals surface area contributed by atoms with Gasteiger partial charge in [-0.3, -0.25) is 0 Å². The second-order valence-corrected chi connectivity index (χ2v) is 16.0. The summed E-state index contributed by atoms with van der Waals surface area (Å²) < 4.78 is 11.3. The lowest BCUT2D eigenvalue weighted by atomic mass is 9.44. The second kappa shape index (κ2) is 16.6. The molecule has 4 saturated carbocycles. The minimum absolute atomic E-state index is 0.0391. The summed E-state index contributed by atoms with van der Waals surface area (Å²) in [5, 5.41) is 7.62. The number of nitrogens with zero attached hydrogens (tertiary/aromatic N) is 2. The Morgan fingerprint density at radius 2 is 1.40 bits per heavy atom. The number of ether oxygens (including phenoxy) is 2. The van der Waals surface area contributed by atoms with Crippen LogP contribution in [0.2, 0.25) is 0 Å². The van der Waals surface area contributed by atoms with Crippen LogP contribution < -0.4 is 0 Å². The van der Waals surface area contributed by atoms with Gasteiger partial charge in [-0.15, -0.1) is 0 Å². The predicted octanol–water partition coefficient (Wildman–Crippen LogP) is 8.92. The first-order valence-corrected chi connectivity index (χ1v) is 19.0. The van der Waals surface area contributed by atoms with Crippen molar-refractivity contribution in [2.45, 2.75) is 111 Å². The van der Waals surface area contributed by atoms with E-state index in [1.165, 1.54) is 44.7 Å². The molecule has 4 aliphatic carbocycles. The smallest absolute Gasteiger partial charge is 0.353 e. The number of benzene rings is 2. The summed E-state index contributed by atoms with van der Waals surface area (Å²) in [4.78, 5) is 35.2. The normalized spacial score (nSPS) is 32.5. The van der Waals surface area contributed by atoms with Crippen molar-refractivity contribution in [2.24, 2.45) is 56.6 Å². The highest BCUT2D eigenvalue weighted by atomic mass is 16.6. The lowest BCUT2D eigenvalue weighted by Crippen LogP contribution is -2.54. The van der Waals surface area contributed by atoms with Gasteiger partial charge in [-0.1, -0.05) is 91.7 Å². The summed E-state index contributed by atoms with van der Waals surface area (Å²) in [7, 11) is 0. The van der Waals surface area contributed by atoms with Gasteiger partial charge >= 0.3 is 11.9 Å². The fourth-order valence-corrected chi connectivity index (χ4v) is 10.8. The van der Waals surface area contributed by atoms with Crippen LogP contribution in [0.3, 0.4) is 0 Å². The summed E-state index contributed by atoms with van der Waals surface area (Å²) in [6.07, 6.45) is 15.0. The third-order valence-corrected chi connectivity index (χ3v) is 13.3. The highest BCUT2D eigenvalue weighted by Gasteiger charge is 2.60. The first-order valence-electron chi connectivity index (χ1n) is 19.0. The maximum atomic E-state index is 12.6. The molecule has 0 N–H and O–H groups in total. The number of hydrogen-bond acceptors (Lipinski definition) is 8. The van der Waals surface area contributed by atoms with E-state index >= 15 is 0 Å². The Morgan fingerprint density at radius 1 is 0.780 bits per heavy atom. The van der Waals surface area contributed by atoms with Crippen LogP contribution >= 0.6 is 0 Å². The molecule has 0 saturated heterocycles. The molecule has 0 unspecified atom stereocenters. The number of rotatable bonds is 14. The fourth-order valence-electron chi connectivity index (χ4n) is 10.8. The monoisotopic (exact) mass is 684 g/mol. The molecule has 0 radical (unpaired) electrons. The Bertz CT molecular complexity index is 1470. The molecule has 8 nitrogen and oxygen atoms in total. The molecular formula is C42H56N2O6. The van der Waals surface area contributed by atoms with Gasteiger partial charge in [0.1, 0.15) is 19.3 Å². The number of fused-ring (bicyclic) bond motifs is 5. The zero-order valence-corrected chi connectivity index (χ0v) is 30.2. The Balaban J connectivity index is 0.926. The third kappa shape index (κ3) is 8.43. The number of carbonyl (C=O) groups excluding carboxylic acids is 2. The number of hydrogen-bond donors (Lipinski definition) is 0. The van der Waals surface area contributed by atoms with Crippen molar-refractivity contribution < 1.29 is 28.7 Å². The third-order valence-electron chi connectivity index (χ3n) is 13.3. The van der Waals surface area contributed by atoms with Crippen LogP contribution in [0.4, 0.5) is 0 Å². The van der Waals surface area contributed by atoms with Gasteiger partial charge in [-0.2, -0.15) is 0 Å². The molecule has 0 bridgehead atoms. The maximum Gasteiger partial charge on any atom is 0.353 e. The van der Waals surface area contributed by atoms with Crippen molar-refractivity contribution in [2.75, 3.05) is 6.61 Å². The van der Waals surface area contributed by atoms with Crippen molar-refractivity contribution in [1.82, 2.24) is 0 Å². The fraction of sp³-hybridized carbons (Fsp3) is 0.619. The van der Waals surface area contributed by atoms with E-state index < -0.39 is 11.9 Å². The molecule has 270 valence electrons.